The third-order valence-electron chi connectivity index (χ3n) is 3.03. The minimum Gasteiger partial charge on any atom is -0.382 e. The number of carbonyl (C=O) groups excluding carboxylic acids is 1. The number of amides is 1. The number of nitriles is 1. The van der Waals surface area contributed by atoms with Crippen LogP contribution in [0.4, 0.5) is 11.5 Å². The molecule has 0 spiro atoms. The zero-order valence-corrected chi connectivity index (χ0v) is 12.5. The predicted octanol–water partition coefficient (Wildman–Crippen LogP) is 2.02. The Hall–Kier alpha value is -2.46. The molecule has 108 valence electrons. The lowest BCUT2D eigenvalue weighted by molar-refractivity contribution is -0.115. The molecule has 0 fully saturated rings. The molecule has 0 unspecified atom stereocenters. The van der Waals surface area contributed by atoms with E-state index in [9.17, 15) is 4.79 Å². The molecule has 1 heterocycles. The van der Waals surface area contributed by atoms with Crippen molar-refractivity contribution >= 4 is 29.2 Å². The number of thioether (sulfide) groups is 1. The van der Waals surface area contributed by atoms with Gasteiger partial charge in [0.05, 0.1) is 17.1 Å². The Morgan fingerprint density at radius 3 is 2.67 bits per heavy atom. The van der Waals surface area contributed by atoms with Crippen LogP contribution in [0.2, 0.25) is 0 Å². The van der Waals surface area contributed by atoms with Crippen molar-refractivity contribution in [1.82, 2.24) is 9.78 Å². The first-order valence-corrected chi connectivity index (χ1v) is 7.53. The Bertz CT molecular complexity index is 686. The first-order valence-electron chi connectivity index (χ1n) is 6.24. The van der Waals surface area contributed by atoms with Crippen LogP contribution in [0.3, 0.4) is 0 Å². The highest BCUT2D eigenvalue weighted by atomic mass is 32.2. The van der Waals surface area contributed by atoms with Crippen LogP contribution in [0, 0.1) is 11.3 Å². The summed E-state index contributed by atoms with van der Waals surface area (Å²) < 4.78 is 1.48. The fourth-order valence-electron chi connectivity index (χ4n) is 1.69. The van der Waals surface area contributed by atoms with Crippen LogP contribution < -0.4 is 11.1 Å². The van der Waals surface area contributed by atoms with Gasteiger partial charge in [-0.1, -0.05) is 0 Å². The molecule has 0 saturated carbocycles. The highest BCUT2D eigenvalue weighted by Gasteiger charge is 2.12. The minimum atomic E-state index is -0.107. The molecule has 1 aromatic carbocycles. The van der Waals surface area contributed by atoms with Crippen LogP contribution in [0.25, 0.3) is 5.69 Å². The van der Waals surface area contributed by atoms with Crippen LogP contribution in [0.1, 0.15) is 12.5 Å². The molecule has 7 heteroatoms. The summed E-state index contributed by atoms with van der Waals surface area (Å²) in [5, 5.41) is 15.7. The van der Waals surface area contributed by atoms with Gasteiger partial charge in [0.1, 0.15) is 17.5 Å². The van der Waals surface area contributed by atoms with E-state index in [1.54, 1.807) is 24.3 Å². The van der Waals surface area contributed by atoms with E-state index in [2.05, 4.69) is 10.4 Å². The average Bonchev–Trinajstić information content (AvgIpc) is 2.88. The van der Waals surface area contributed by atoms with Gasteiger partial charge in [0.25, 0.3) is 0 Å². The molecule has 0 aliphatic rings. The summed E-state index contributed by atoms with van der Waals surface area (Å²) in [5.41, 5.74) is 7.59. The van der Waals surface area contributed by atoms with Crippen molar-refractivity contribution in [2.24, 2.45) is 0 Å². The van der Waals surface area contributed by atoms with E-state index >= 15 is 0 Å². The number of nitrogens with two attached hydrogens (primary N) is 1. The zero-order valence-electron chi connectivity index (χ0n) is 11.7. The standard InChI is InChI=1S/C14H15N5OS/c1-9(21-2)14(20)18-11-3-5-12(6-4-11)19-13(16)10(7-15)8-17-19/h3-6,8-9H,16H2,1-2H3,(H,18,20)/t9-/m1/s1. The molecule has 21 heavy (non-hydrogen) atoms. The molecule has 0 aliphatic carbocycles. The molecule has 0 aliphatic heterocycles. The summed E-state index contributed by atoms with van der Waals surface area (Å²) in [7, 11) is 0. The van der Waals surface area contributed by atoms with Gasteiger partial charge in [-0.3, -0.25) is 4.79 Å². The molecule has 0 bridgehead atoms. The molecule has 6 nitrogen and oxygen atoms in total. The van der Waals surface area contributed by atoms with Crippen molar-refractivity contribution in [2.45, 2.75) is 12.2 Å². The SMILES string of the molecule is CS[C@H](C)C(=O)Nc1ccc(-n2ncc(C#N)c2N)cc1. The van der Waals surface area contributed by atoms with Gasteiger partial charge in [-0.2, -0.15) is 22.1 Å². The maximum Gasteiger partial charge on any atom is 0.237 e. The Kier molecular flexibility index (Phi) is 4.50. The summed E-state index contributed by atoms with van der Waals surface area (Å²) >= 11 is 1.49. The van der Waals surface area contributed by atoms with Crippen molar-refractivity contribution < 1.29 is 4.79 Å². The monoisotopic (exact) mass is 301 g/mol. The topological polar surface area (TPSA) is 96.7 Å². The highest BCUT2D eigenvalue weighted by molar-refractivity contribution is 7.99. The maximum absolute atomic E-state index is 11.8. The molecule has 2 aromatic rings. The Balaban J connectivity index is 2.17. The van der Waals surface area contributed by atoms with E-state index in [-0.39, 0.29) is 11.2 Å². The Morgan fingerprint density at radius 2 is 2.14 bits per heavy atom. The molecular weight excluding hydrogens is 286 g/mol. The van der Waals surface area contributed by atoms with Crippen molar-refractivity contribution in [3.05, 3.63) is 36.0 Å². The number of nitrogens with zero attached hydrogens (tertiary/aromatic N) is 3. The molecule has 0 saturated heterocycles. The molecule has 3 N–H and O–H groups in total. The van der Waals surface area contributed by atoms with E-state index in [1.807, 2.05) is 19.2 Å². The summed E-state index contributed by atoms with van der Waals surface area (Å²) in [6.45, 7) is 1.85. The van der Waals surface area contributed by atoms with Gasteiger partial charge < -0.3 is 11.1 Å². The zero-order chi connectivity index (χ0) is 15.4. The molecule has 1 amide bonds. The molecule has 1 aromatic heterocycles. The van der Waals surface area contributed by atoms with Gasteiger partial charge in [-0.05, 0) is 37.4 Å². The quantitative estimate of drug-likeness (QED) is 0.900. The normalized spacial score (nSPS) is 11.7. The van der Waals surface area contributed by atoms with E-state index in [4.69, 9.17) is 11.0 Å². The van der Waals surface area contributed by atoms with Crippen LogP contribution in [-0.2, 0) is 4.79 Å². The van der Waals surface area contributed by atoms with Crippen molar-refractivity contribution in [1.29, 1.82) is 5.26 Å². The number of carbonyl (C=O) groups is 1. The third-order valence-corrected chi connectivity index (χ3v) is 3.95. The highest BCUT2D eigenvalue weighted by Crippen LogP contribution is 2.19. The van der Waals surface area contributed by atoms with E-state index in [0.29, 0.717) is 17.1 Å². The van der Waals surface area contributed by atoms with E-state index in [0.717, 1.165) is 5.69 Å². The number of hydrogen-bond acceptors (Lipinski definition) is 5. The predicted molar refractivity (Wildman–Crippen MR) is 84.3 cm³/mol. The van der Waals surface area contributed by atoms with Crippen LogP contribution in [0.15, 0.2) is 30.5 Å². The van der Waals surface area contributed by atoms with Gasteiger partial charge >= 0.3 is 0 Å². The largest absolute Gasteiger partial charge is 0.382 e. The van der Waals surface area contributed by atoms with E-state index < -0.39 is 0 Å². The van der Waals surface area contributed by atoms with Gasteiger partial charge in [-0.25, -0.2) is 4.68 Å². The summed E-state index contributed by atoms with van der Waals surface area (Å²) in [5.74, 6) is 0.255. The van der Waals surface area contributed by atoms with Gasteiger partial charge in [-0.15, -0.1) is 0 Å². The van der Waals surface area contributed by atoms with Crippen LogP contribution >= 0.6 is 11.8 Å². The summed E-state index contributed by atoms with van der Waals surface area (Å²) in [6.07, 6.45) is 3.31. The number of nitrogen functional groups attached to an aromatic ring is 1. The number of benzene rings is 1. The van der Waals surface area contributed by atoms with Gasteiger partial charge in [0, 0.05) is 5.69 Å². The number of nitrogens with one attached hydrogen (secondary N) is 1. The lowest BCUT2D eigenvalue weighted by Gasteiger charge is -2.10. The van der Waals surface area contributed by atoms with Crippen LogP contribution in [-0.4, -0.2) is 27.2 Å². The fourth-order valence-corrected chi connectivity index (χ4v) is 1.96. The first-order chi connectivity index (χ1) is 10.1. The van der Waals surface area contributed by atoms with Crippen LogP contribution in [0.5, 0.6) is 0 Å². The maximum atomic E-state index is 11.8. The number of hydrogen-bond donors (Lipinski definition) is 2. The first kappa shape index (κ1) is 14.9. The Morgan fingerprint density at radius 1 is 1.48 bits per heavy atom. The summed E-state index contributed by atoms with van der Waals surface area (Å²) in [4.78, 5) is 11.8. The van der Waals surface area contributed by atoms with Crippen molar-refractivity contribution in [3.8, 4) is 11.8 Å². The van der Waals surface area contributed by atoms with Crippen molar-refractivity contribution in [2.75, 3.05) is 17.3 Å². The van der Waals surface area contributed by atoms with Gasteiger partial charge in [0.15, 0.2) is 0 Å². The third kappa shape index (κ3) is 3.17. The fraction of sp³-hybridized carbons (Fsp3) is 0.214. The minimum absolute atomic E-state index is 0.0411. The molecule has 1 atom stereocenters. The second kappa shape index (κ2) is 6.33. The lowest BCUT2D eigenvalue weighted by Crippen LogP contribution is -2.22. The number of aromatic nitrogens is 2. The lowest BCUT2D eigenvalue weighted by atomic mass is 10.2. The van der Waals surface area contributed by atoms with Gasteiger partial charge in [0.2, 0.25) is 5.91 Å². The van der Waals surface area contributed by atoms with E-state index in [1.165, 1.54) is 22.6 Å². The number of rotatable bonds is 4. The van der Waals surface area contributed by atoms with Crippen molar-refractivity contribution in [3.63, 3.8) is 0 Å². The second-order valence-electron chi connectivity index (χ2n) is 4.38. The summed E-state index contributed by atoms with van der Waals surface area (Å²) in [6, 6.07) is 9.08. The molecule has 2 rings (SSSR count). The smallest absolute Gasteiger partial charge is 0.237 e. The average molecular weight is 301 g/mol. The molecular formula is C14H15N5OS. The number of anilines is 2. The molecule has 0 radical (unpaired) electrons. The Labute approximate surface area is 126 Å². The second-order valence-corrected chi connectivity index (χ2v) is 5.56.